The highest BCUT2D eigenvalue weighted by Crippen LogP contribution is 2.33. The van der Waals surface area contributed by atoms with E-state index in [-0.39, 0.29) is 17.9 Å². The van der Waals surface area contributed by atoms with Crippen LogP contribution in [0.5, 0.6) is 0 Å². The zero-order valence-electron chi connectivity index (χ0n) is 19.9. The number of hydrogen-bond acceptors (Lipinski definition) is 6. The quantitative estimate of drug-likeness (QED) is 0.490. The molecule has 2 aromatic rings. The average Bonchev–Trinajstić information content (AvgIpc) is 3.15. The first-order valence-corrected chi connectivity index (χ1v) is 11.7. The van der Waals surface area contributed by atoms with Gasteiger partial charge in [0, 0.05) is 0 Å². The number of amides is 1. The standard InChI is InChI=1S/C26H33N3O5/c1-4-34-26(33)22(20-10-6-5-7-11-20)14-15-27-19(3)25(32)28(17-24(30)31)29-18(2)16-21-12-8-9-13-23(21)29/h5-13,18-19,22,27H,4,14-17H2,1-3H3,(H,30,31)/t18?,19-,22?/m0/s1. The van der Waals surface area contributed by atoms with Crippen LogP contribution >= 0.6 is 0 Å². The molecule has 1 aliphatic rings. The number of benzene rings is 2. The third-order valence-corrected chi connectivity index (χ3v) is 6.00. The summed E-state index contributed by atoms with van der Waals surface area (Å²) in [5, 5.41) is 15.8. The molecule has 0 radical (unpaired) electrons. The van der Waals surface area contributed by atoms with Gasteiger partial charge in [0.05, 0.1) is 30.3 Å². The van der Waals surface area contributed by atoms with E-state index in [1.54, 1.807) is 18.9 Å². The molecule has 182 valence electrons. The number of carbonyl (C=O) groups is 3. The van der Waals surface area contributed by atoms with Crippen molar-refractivity contribution in [3.8, 4) is 0 Å². The molecular weight excluding hydrogens is 434 g/mol. The van der Waals surface area contributed by atoms with Crippen molar-refractivity contribution in [2.24, 2.45) is 0 Å². The number of ether oxygens (including phenoxy) is 1. The van der Waals surface area contributed by atoms with Crippen molar-refractivity contribution >= 4 is 23.5 Å². The van der Waals surface area contributed by atoms with E-state index in [1.807, 2.05) is 61.5 Å². The monoisotopic (exact) mass is 467 g/mol. The number of para-hydroxylation sites is 1. The van der Waals surface area contributed by atoms with Crippen LogP contribution in [0.2, 0.25) is 0 Å². The maximum absolute atomic E-state index is 13.4. The molecule has 1 amide bonds. The predicted molar refractivity (Wildman–Crippen MR) is 129 cm³/mol. The Labute approximate surface area is 200 Å². The number of anilines is 1. The lowest BCUT2D eigenvalue weighted by molar-refractivity contribution is -0.146. The number of nitrogens with one attached hydrogen (secondary N) is 1. The van der Waals surface area contributed by atoms with Crippen molar-refractivity contribution in [1.29, 1.82) is 0 Å². The van der Waals surface area contributed by atoms with Gasteiger partial charge in [-0.1, -0.05) is 48.5 Å². The number of aliphatic carboxylic acids is 1. The van der Waals surface area contributed by atoms with E-state index in [0.29, 0.717) is 19.6 Å². The predicted octanol–water partition coefficient (Wildman–Crippen LogP) is 2.98. The van der Waals surface area contributed by atoms with Gasteiger partial charge in [-0.25, -0.2) is 5.01 Å². The van der Waals surface area contributed by atoms with Crippen molar-refractivity contribution in [2.45, 2.75) is 51.6 Å². The molecule has 8 heteroatoms. The molecule has 0 spiro atoms. The summed E-state index contributed by atoms with van der Waals surface area (Å²) in [5.41, 5.74) is 2.79. The van der Waals surface area contributed by atoms with Crippen LogP contribution < -0.4 is 10.3 Å². The Kier molecular flexibility index (Phi) is 8.65. The summed E-state index contributed by atoms with van der Waals surface area (Å²) in [4.78, 5) is 37.5. The number of carboxylic acid groups (broad SMARTS) is 1. The molecule has 2 unspecified atom stereocenters. The fraction of sp³-hybridized carbons (Fsp3) is 0.423. The molecule has 0 saturated carbocycles. The van der Waals surface area contributed by atoms with Crippen LogP contribution in [0.1, 0.15) is 44.2 Å². The van der Waals surface area contributed by atoms with Crippen molar-refractivity contribution in [3.05, 3.63) is 65.7 Å². The second-order valence-electron chi connectivity index (χ2n) is 8.50. The third-order valence-electron chi connectivity index (χ3n) is 6.00. The van der Waals surface area contributed by atoms with Gasteiger partial charge in [-0.2, -0.15) is 0 Å². The van der Waals surface area contributed by atoms with E-state index in [2.05, 4.69) is 5.32 Å². The van der Waals surface area contributed by atoms with Gasteiger partial charge in [0.1, 0.15) is 6.54 Å². The molecule has 0 aliphatic carbocycles. The maximum Gasteiger partial charge on any atom is 0.325 e. The van der Waals surface area contributed by atoms with Crippen LogP contribution in [-0.4, -0.2) is 59.7 Å². The van der Waals surface area contributed by atoms with E-state index < -0.39 is 24.5 Å². The summed E-state index contributed by atoms with van der Waals surface area (Å²) in [6.45, 7) is 5.71. The molecular formula is C26H33N3O5. The summed E-state index contributed by atoms with van der Waals surface area (Å²) < 4.78 is 5.24. The minimum absolute atomic E-state index is 0.0424. The third kappa shape index (κ3) is 5.94. The van der Waals surface area contributed by atoms with E-state index in [0.717, 1.165) is 23.2 Å². The Hall–Kier alpha value is -3.39. The summed E-state index contributed by atoms with van der Waals surface area (Å²) in [6, 6.07) is 16.5. The van der Waals surface area contributed by atoms with Gasteiger partial charge in [0.2, 0.25) is 0 Å². The number of carbonyl (C=O) groups excluding carboxylic acids is 2. The lowest BCUT2D eigenvalue weighted by Crippen LogP contribution is -2.56. The topological polar surface area (TPSA) is 99.2 Å². The van der Waals surface area contributed by atoms with E-state index in [4.69, 9.17) is 4.74 Å². The Morgan fingerprint density at radius 1 is 1.15 bits per heavy atom. The molecule has 0 fully saturated rings. The van der Waals surface area contributed by atoms with Crippen molar-refractivity contribution in [1.82, 2.24) is 10.3 Å². The second-order valence-corrected chi connectivity index (χ2v) is 8.50. The Bertz CT molecular complexity index is 997. The Morgan fingerprint density at radius 3 is 2.50 bits per heavy atom. The lowest BCUT2D eigenvalue weighted by Gasteiger charge is -2.37. The number of hydrazine groups is 1. The molecule has 8 nitrogen and oxygen atoms in total. The van der Waals surface area contributed by atoms with E-state index in [1.165, 1.54) is 5.01 Å². The van der Waals surface area contributed by atoms with Gasteiger partial charge in [-0.05, 0) is 57.4 Å². The zero-order valence-corrected chi connectivity index (χ0v) is 19.9. The van der Waals surface area contributed by atoms with E-state index >= 15 is 0 Å². The van der Waals surface area contributed by atoms with Crippen LogP contribution in [0.4, 0.5) is 5.69 Å². The summed E-state index contributed by atoms with van der Waals surface area (Å²) in [7, 11) is 0. The van der Waals surface area contributed by atoms with Crippen LogP contribution in [0.15, 0.2) is 54.6 Å². The van der Waals surface area contributed by atoms with Gasteiger partial charge in [-0.3, -0.25) is 19.4 Å². The van der Waals surface area contributed by atoms with Crippen molar-refractivity contribution < 1.29 is 24.2 Å². The summed E-state index contributed by atoms with van der Waals surface area (Å²) >= 11 is 0. The molecule has 0 saturated heterocycles. The number of carboxylic acids is 1. The molecule has 2 N–H and O–H groups in total. The van der Waals surface area contributed by atoms with Gasteiger partial charge < -0.3 is 15.2 Å². The van der Waals surface area contributed by atoms with Gasteiger partial charge in [0.15, 0.2) is 0 Å². The van der Waals surface area contributed by atoms with Gasteiger partial charge in [0.25, 0.3) is 5.91 Å². The highest BCUT2D eigenvalue weighted by atomic mass is 16.5. The number of rotatable bonds is 11. The summed E-state index contributed by atoms with van der Waals surface area (Å²) in [6.07, 6.45) is 1.18. The largest absolute Gasteiger partial charge is 0.480 e. The highest BCUT2D eigenvalue weighted by molar-refractivity contribution is 5.87. The van der Waals surface area contributed by atoms with Crippen LogP contribution in [-0.2, 0) is 25.5 Å². The van der Waals surface area contributed by atoms with Gasteiger partial charge in [-0.15, -0.1) is 0 Å². The number of fused-ring (bicyclic) bond motifs is 1. The molecule has 0 bridgehead atoms. The first kappa shape index (κ1) is 25.2. The SMILES string of the molecule is CCOC(=O)C(CCN[C@@H](C)C(=O)N(CC(=O)O)N1c2ccccc2CC1C)c1ccccc1. The van der Waals surface area contributed by atoms with Crippen LogP contribution in [0.3, 0.4) is 0 Å². The normalized spacial score (nSPS) is 16.4. The molecule has 3 atom stereocenters. The Balaban J connectivity index is 1.69. The molecule has 34 heavy (non-hydrogen) atoms. The molecule has 1 aliphatic heterocycles. The molecule has 2 aromatic carbocycles. The van der Waals surface area contributed by atoms with E-state index in [9.17, 15) is 19.5 Å². The number of esters is 1. The summed E-state index contributed by atoms with van der Waals surface area (Å²) in [5.74, 6) is -2.16. The molecule has 0 aromatic heterocycles. The first-order chi connectivity index (χ1) is 16.3. The maximum atomic E-state index is 13.4. The first-order valence-electron chi connectivity index (χ1n) is 11.7. The Morgan fingerprint density at radius 2 is 1.82 bits per heavy atom. The number of hydrogen-bond donors (Lipinski definition) is 2. The minimum atomic E-state index is -1.08. The van der Waals surface area contributed by atoms with Crippen LogP contribution in [0.25, 0.3) is 0 Å². The van der Waals surface area contributed by atoms with Crippen LogP contribution in [0, 0.1) is 0 Å². The fourth-order valence-electron chi connectivity index (χ4n) is 4.41. The second kappa shape index (κ2) is 11.7. The van der Waals surface area contributed by atoms with Crippen molar-refractivity contribution in [3.63, 3.8) is 0 Å². The number of nitrogens with zero attached hydrogens (tertiary/aromatic N) is 2. The molecule has 1 heterocycles. The smallest absolute Gasteiger partial charge is 0.325 e. The van der Waals surface area contributed by atoms with Gasteiger partial charge >= 0.3 is 11.9 Å². The lowest BCUT2D eigenvalue weighted by atomic mass is 9.95. The minimum Gasteiger partial charge on any atom is -0.480 e. The zero-order chi connectivity index (χ0) is 24.7. The molecule has 3 rings (SSSR count). The fourth-order valence-corrected chi connectivity index (χ4v) is 4.41. The highest BCUT2D eigenvalue weighted by Gasteiger charge is 2.36. The van der Waals surface area contributed by atoms with Crippen molar-refractivity contribution in [2.75, 3.05) is 24.7 Å². The average molecular weight is 468 g/mol.